The van der Waals surface area contributed by atoms with Gasteiger partial charge in [-0.25, -0.2) is 0 Å². The van der Waals surface area contributed by atoms with Crippen molar-refractivity contribution in [2.24, 2.45) is 11.8 Å². The van der Waals surface area contributed by atoms with Gasteiger partial charge in [0.25, 0.3) is 0 Å². The molecule has 2 atom stereocenters. The molecule has 1 aromatic heterocycles. The SMILES string of the molecule is CCNCc1nnc(N2CC3CCCC(C3)C2)o1. The van der Waals surface area contributed by atoms with Crippen LogP contribution in [0.4, 0.5) is 6.01 Å². The quantitative estimate of drug-likeness (QED) is 0.883. The molecule has 1 N–H and O–H groups in total. The van der Waals surface area contributed by atoms with Gasteiger partial charge in [0.05, 0.1) is 6.54 Å². The maximum absolute atomic E-state index is 5.73. The molecule has 2 unspecified atom stereocenters. The van der Waals surface area contributed by atoms with Crippen molar-refractivity contribution in [2.45, 2.75) is 39.2 Å². The molecule has 1 aromatic rings. The summed E-state index contributed by atoms with van der Waals surface area (Å²) in [6, 6.07) is 0.722. The Morgan fingerprint density at radius 3 is 2.78 bits per heavy atom. The van der Waals surface area contributed by atoms with Gasteiger partial charge in [0.2, 0.25) is 5.89 Å². The molecule has 0 spiro atoms. The van der Waals surface area contributed by atoms with E-state index < -0.39 is 0 Å². The first-order valence-electron chi connectivity index (χ1n) is 7.13. The maximum Gasteiger partial charge on any atom is 0.318 e. The number of piperidine rings is 1. The third-order valence-corrected chi connectivity index (χ3v) is 4.10. The van der Waals surface area contributed by atoms with E-state index in [1.807, 2.05) is 0 Å². The van der Waals surface area contributed by atoms with Crippen LogP contribution in [-0.2, 0) is 6.54 Å². The molecule has 1 saturated heterocycles. The fraction of sp³-hybridized carbons (Fsp3) is 0.846. The molecule has 0 radical (unpaired) electrons. The molecule has 2 aliphatic rings. The second kappa shape index (κ2) is 5.26. The van der Waals surface area contributed by atoms with E-state index in [0.717, 1.165) is 37.5 Å². The Bertz CT molecular complexity index is 380. The highest BCUT2D eigenvalue weighted by molar-refractivity contribution is 5.26. The monoisotopic (exact) mass is 250 g/mol. The van der Waals surface area contributed by atoms with Crippen LogP contribution in [0.5, 0.6) is 0 Å². The van der Waals surface area contributed by atoms with Gasteiger partial charge in [0, 0.05) is 13.1 Å². The van der Waals surface area contributed by atoms with Crippen molar-refractivity contribution < 1.29 is 4.42 Å². The Balaban J connectivity index is 1.65. The summed E-state index contributed by atoms with van der Waals surface area (Å²) in [6.45, 7) is 5.86. The van der Waals surface area contributed by atoms with Crippen LogP contribution in [0.3, 0.4) is 0 Å². The van der Waals surface area contributed by atoms with Crippen LogP contribution < -0.4 is 10.2 Å². The average molecular weight is 250 g/mol. The summed E-state index contributed by atoms with van der Waals surface area (Å²) in [5.41, 5.74) is 0. The molecule has 2 heterocycles. The lowest BCUT2D eigenvalue weighted by Crippen LogP contribution is -2.42. The fourth-order valence-corrected chi connectivity index (χ4v) is 3.26. The van der Waals surface area contributed by atoms with E-state index in [0.29, 0.717) is 12.4 Å². The van der Waals surface area contributed by atoms with Gasteiger partial charge in [-0.05, 0) is 37.6 Å². The summed E-state index contributed by atoms with van der Waals surface area (Å²) >= 11 is 0. The number of rotatable bonds is 4. The third kappa shape index (κ3) is 2.51. The first kappa shape index (κ1) is 12.0. The van der Waals surface area contributed by atoms with E-state index in [4.69, 9.17) is 4.42 Å². The van der Waals surface area contributed by atoms with Gasteiger partial charge in [0.15, 0.2) is 0 Å². The van der Waals surface area contributed by atoms with Crippen LogP contribution >= 0.6 is 0 Å². The van der Waals surface area contributed by atoms with Gasteiger partial charge in [-0.3, -0.25) is 0 Å². The Morgan fingerprint density at radius 2 is 2.06 bits per heavy atom. The van der Waals surface area contributed by atoms with Gasteiger partial charge in [-0.1, -0.05) is 18.4 Å². The summed E-state index contributed by atoms with van der Waals surface area (Å²) in [4.78, 5) is 2.29. The highest BCUT2D eigenvalue weighted by atomic mass is 16.4. The molecule has 100 valence electrons. The van der Waals surface area contributed by atoms with Gasteiger partial charge < -0.3 is 14.6 Å². The standard InChI is InChI=1S/C13H22N4O/c1-2-14-7-12-15-16-13(18-12)17-8-10-4-3-5-11(6-10)9-17/h10-11,14H,2-9H2,1H3. The molecule has 2 bridgehead atoms. The minimum absolute atomic E-state index is 0.671. The van der Waals surface area contributed by atoms with Crippen molar-refractivity contribution in [3.05, 3.63) is 5.89 Å². The predicted molar refractivity (Wildman–Crippen MR) is 69.3 cm³/mol. The number of hydrogen-bond donors (Lipinski definition) is 1. The smallest absolute Gasteiger partial charge is 0.318 e. The van der Waals surface area contributed by atoms with E-state index in [1.165, 1.54) is 25.7 Å². The van der Waals surface area contributed by atoms with Crippen LogP contribution in [0.25, 0.3) is 0 Å². The summed E-state index contributed by atoms with van der Waals surface area (Å²) < 4.78 is 5.73. The Kier molecular flexibility index (Phi) is 3.50. The van der Waals surface area contributed by atoms with Crippen molar-refractivity contribution in [3.8, 4) is 0 Å². The highest BCUT2D eigenvalue weighted by Gasteiger charge is 2.32. The molecule has 5 nitrogen and oxygen atoms in total. The van der Waals surface area contributed by atoms with Gasteiger partial charge in [-0.2, -0.15) is 0 Å². The van der Waals surface area contributed by atoms with Crippen molar-refractivity contribution in [3.63, 3.8) is 0 Å². The lowest BCUT2D eigenvalue weighted by atomic mass is 9.78. The van der Waals surface area contributed by atoms with E-state index in [2.05, 4.69) is 27.3 Å². The second-order valence-corrected chi connectivity index (χ2v) is 5.56. The summed E-state index contributed by atoms with van der Waals surface area (Å²) in [6.07, 6.45) is 5.53. The Morgan fingerprint density at radius 1 is 1.28 bits per heavy atom. The predicted octanol–water partition coefficient (Wildman–Crippen LogP) is 1.81. The van der Waals surface area contributed by atoms with Crippen LogP contribution in [0.1, 0.15) is 38.5 Å². The van der Waals surface area contributed by atoms with Crippen LogP contribution in [0, 0.1) is 11.8 Å². The zero-order valence-corrected chi connectivity index (χ0v) is 11.1. The van der Waals surface area contributed by atoms with E-state index >= 15 is 0 Å². The number of nitrogens with zero attached hydrogens (tertiary/aromatic N) is 3. The van der Waals surface area contributed by atoms with Crippen molar-refractivity contribution >= 4 is 6.01 Å². The van der Waals surface area contributed by atoms with Crippen LogP contribution in [0.2, 0.25) is 0 Å². The van der Waals surface area contributed by atoms with Gasteiger partial charge in [0.1, 0.15) is 0 Å². The fourth-order valence-electron chi connectivity index (χ4n) is 3.26. The minimum atomic E-state index is 0.671. The van der Waals surface area contributed by atoms with Crippen molar-refractivity contribution in [1.29, 1.82) is 0 Å². The Hall–Kier alpha value is -1.10. The van der Waals surface area contributed by atoms with E-state index in [9.17, 15) is 0 Å². The number of aromatic nitrogens is 2. The topological polar surface area (TPSA) is 54.2 Å². The molecule has 1 saturated carbocycles. The molecule has 3 rings (SSSR count). The van der Waals surface area contributed by atoms with E-state index in [1.54, 1.807) is 0 Å². The number of anilines is 1. The largest absolute Gasteiger partial charge is 0.407 e. The van der Waals surface area contributed by atoms with Crippen LogP contribution in [0.15, 0.2) is 4.42 Å². The lowest BCUT2D eigenvalue weighted by molar-refractivity contribution is 0.224. The third-order valence-electron chi connectivity index (χ3n) is 4.10. The first-order chi connectivity index (χ1) is 8.85. The average Bonchev–Trinajstić information content (AvgIpc) is 2.84. The van der Waals surface area contributed by atoms with Crippen molar-refractivity contribution in [2.75, 3.05) is 24.5 Å². The normalized spacial score (nSPS) is 27.5. The maximum atomic E-state index is 5.73. The zero-order valence-electron chi connectivity index (χ0n) is 11.1. The molecule has 2 fully saturated rings. The molecule has 5 heteroatoms. The molecule has 0 aromatic carbocycles. The second-order valence-electron chi connectivity index (χ2n) is 5.56. The summed E-state index contributed by atoms with van der Waals surface area (Å²) in [5, 5.41) is 11.5. The van der Waals surface area contributed by atoms with Crippen molar-refractivity contribution in [1.82, 2.24) is 15.5 Å². The van der Waals surface area contributed by atoms with Gasteiger partial charge in [-0.15, -0.1) is 5.10 Å². The molecule has 1 aliphatic heterocycles. The minimum Gasteiger partial charge on any atom is -0.407 e. The highest BCUT2D eigenvalue weighted by Crippen LogP contribution is 2.35. The zero-order chi connectivity index (χ0) is 12.4. The molecular weight excluding hydrogens is 228 g/mol. The van der Waals surface area contributed by atoms with E-state index in [-0.39, 0.29) is 0 Å². The number of hydrogen-bond acceptors (Lipinski definition) is 5. The molecular formula is C13H22N4O. The van der Waals surface area contributed by atoms with Crippen LogP contribution in [-0.4, -0.2) is 29.8 Å². The van der Waals surface area contributed by atoms with Gasteiger partial charge >= 0.3 is 6.01 Å². The number of fused-ring (bicyclic) bond motifs is 2. The molecule has 1 aliphatic carbocycles. The molecule has 18 heavy (non-hydrogen) atoms. The Labute approximate surface area is 108 Å². The molecule has 0 amide bonds. The number of nitrogens with one attached hydrogen (secondary N) is 1. The first-order valence-corrected chi connectivity index (χ1v) is 7.13. The summed E-state index contributed by atoms with van der Waals surface area (Å²) in [5.74, 6) is 2.37. The summed E-state index contributed by atoms with van der Waals surface area (Å²) in [7, 11) is 0. The lowest BCUT2D eigenvalue weighted by Gasteiger charge is -2.40.